The Hall–Kier alpha value is -1.72. The van der Waals surface area contributed by atoms with Crippen molar-refractivity contribution in [2.24, 2.45) is 0 Å². The zero-order valence-corrected chi connectivity index (χ0v) is 13.2. The summed E-state index contributed by atoms with van der Waals surface area (Å²) in [5.41, 5.74) is 1.38. The largest absolute Gasteiger partial charge is 0.466 e. The van der Waals surface area contributed by atoms with Gasteiger partial charge < -0.3 is 15.0 Å². The molecule has 21 heavy (non-hydrogen) atoms. The van der Waals surface area contributed by atoms with Crippen LogP contribution in [0.25, 0.3) is 0 Å². The SMILES string of the molecule is COC(=O)C1=C(C)N(C)C(=O)NC1c1cccc(Cl)c1Cl. The first-order valence-electron chi connectivity index (χ1n) is 6.15. The van der Waals surface area contributed by atoms with Crippen LogP contribution in [0.2, 0.25) is 10.0 Å². The fraction of sp³-hybridized carbons (Fsp3) is 0.286. The lowest BCUT2D eigenvalue weighted by atomic mass is 9.95. The van der Waals surface area contributed by atoms with Gasteiger partial charge in [-0.1, -0.05) is 35.3 Å². The number of hydrogen-bond donors (Lipinski definition) is 1. The molecule has 0 aliphatic carbocycles. The van der Waals surface area contributed by atoms with Crippen molar-refractivity contribution in [3.05, 3.63) is 45.1 Å². The predicted molar refractivity (Wildman–Crippen MR) is 80.2 cm³/mol. The second-order valence-electron chi connectivity index (χ2n) is 4.58. The van der Waals surface area contributed by atoms with Gasteiger partial charge in [-0.25, -0.2) is 9.59 Å². The van der Waals surface area contributed by atoms with Gasteiger partial charge in [0.15, 0.2) is 0 Å². The van der Waals surface area contributed by atoms with E-state index in [0.717, 1.165) is 0 Å². The van der Waals surface area contributed by atoms with E-state index in [-0.39, 0.29) is 6.03 Å². The Kier molecular flexibility index (Phi) is 4.44. The number of halogens is 2. The molecule has 1 aliphatic heterocycles. The third-order valence-corrected chi connectivity index (χ3v) is 4.29. The standard InChI is InChI=1S/C14H14Cl2N2O3/c1-7-10(13(19)21-3)12(17-14(20)18(7)2)8-5-4-6-9(15)11(8)16/h4-6,12H,1-3H3,(H,17,20). The van der Waals surface area contributed by atoms with Crippen LogP contribution in [0.4, 0.5) is 4.79 Å². The van der Waals surface area contributed by atoms with E-state index in [1.165, 1.54) is 12.0 Å². The average Bonchev–Trinajstić information content (AvgIpc) is 2.46. The zero-order valence-electron chi connectivity index (χ0n) is 11.7. The van der Waals surface area contributed by atoms with Crippen LogP contribution in [-0.4, -0.2) is 31.1 Å². The first kappa shape index (κ1) is 15.7. The van der Waals surface area contributed by atoms with Gasteiger partial charge in [-0.3, -0.25) is 0 Å². The molecule has 0 radical (unpaired) electrons. The second kappa shape index (κ2) is 5.95. The van der Waals surface area contributed by atoms with Crippen molar-refractivity contribution in [1.29, 1.82) is 0 Å². The first-order chi connectivity index (χ1) is 9.88. The molecule has 2 amide bonds. The Morgan fingerprint density at radius 2 is 2.05 bits per heavy atom. The van der Waals surface area contributed by atoms with Gasteiger partial charge in [0.1, 0.15) is 0 Å². The summed E-state index contributed by atoms with van der Waals surface area (Å²) >= 11 is 12.2. The quantitative estimate of drug-likeness (QED) is 0.848. The molecule has 0 saturated heterocycles. The summed E-state index contributed by atoms with van der Waals surface area (Å²) in [5.74, 6) is -0.527. The summed E-state index contributed by atoms with van der Waals surface area (Å²) in [7, 11) is 2.86. The summed E-state index contributed by atoms with van der Waals surface area (Å²) in [6.45, 7) is 1.68. The number of carbonyl (C=O) groups is 2. The van der Waals surface area contributed by atoms with Gasteiger partial charge >= 0.3 is 12.0 Å². The number of nitrogens with zero attached hydrogens (tertiary/aromatic N) is 1. The number of ether oxygens (including phenoxy) is 1. The summed E-state index contributed by atoms with van der Waals surface area (Å²) < 4.78 is 4.81. The maximum Gasteiger partial charge on any atom is 0.337 e. The van der Waals surface area contributed by atoms with Gasteiger partial charge in [-0.15, -0.1) is 0 Å². The molecule has 2 rings (SSSR count). The molecule has 7 heteroatoms. The minimum absolute atomic E-state index is 0.295. The molecule has 0 aromatic heterocycles. The topological polar surface area (TPSA) is 58.6 Å². The highest BCUT2D eigenvalue weighted by atomic mass is 35.5. The van der Waals surface area contributed by atoms with Crippen molar-refractivity contribution in [3.63, 3.8) is 0 Å². The van der Waals surface area contributed by atoms with Crippen molar-refractivity contribution in [2.45, 2.75) is 13.0 Å². The Morgan fingerprint density at radius 1 is 1.38 bits per heavy atom. The van der Waals surface area contributed by atoms with Crippen molar-refractivity contribution in [3.8, 4) is 0 Å². The van der Waals surface area contributed by atoms with Crippen molar-refractivity contribution >= 4 is 35.2 Å². The maximum absolute atomic E-state index is 12.1. The fourth-order valence-corrected chi connectivity index (χ4v) is 2.60. The molecule has 0 bridgehead atoms. The van der Waals surface area contributed by atoms with Crippen molar-refractivity contribution in [1.82, 2.24) is 10.2 Å². The van der Waals surface area contributed by atoms with Gasteiger partial charge in [0.2, 0.25) is 0 Å². The molecule has 112 valence electrons. The molecule has 5 nitrogen and oxygen atoms in total. The average molecular weight is 329 g/mol. The summed E-state index contributed by atoms with van der Waals surface area (Å²) in [5, 5.41) is 3.38. The van der Waals surface area contributed by atoms with E-state index in [1.54, 1.807) is 32.2 Å². The molecule has 1 unspecified atom stereocenters. The predicted octanol–water partition coefficient (Wildman–Crippen LogP) is 3.14. The van der Waals surface area contributed by atoms with Crippen LogP contribution in [0.15, 0.2) is 29.5 Å². The normalized spacial score (nSPS) is 18.6. The highest BCUT2D eigenvalue weighted by Gasteiger charge is 2.35. The van der Waals surface area contributed by atoms with Crippen LogP contribution in [0.3, 0.4) is 0 Å². The third kappa shape index (κ3) is 2.71. The van der Waals surface area contributed by atoms with Crippen LogP contribution in [-0.2, 0) is 9.53 Å². The van der Waals surface area contributed by atoms with E-state index in [0.29, 0.717) is 26.9 Å². The molecular formula is C14H14Cl2N2O3. The lowest BCUT2D eigenvalue weighted by Gasteiger charge is -2.33. The van der Waals surface area contributed by atoms with Crippen molar-refractivity contribution < 1.29 is 14.3 Å². The minimum atomic E-state index is -0.702. The van der Waals surface area contributed by atoms with Gasteiger partial charge in [0.25, 0.3) is 0 Å². The molecule has 0 spiro atoms. The van der Waals surface area contributed by atoms with Crippen molar-refractivity contribution in [2.75, 3.05) is 14.2 Å². The fourth-order valence-electron chi connectivity index (χ4n) is 2.19. The highest BCUT2D eigenvalue weighted by Crippen LogP contribution is 2.36. The molecule has 1 aromatic rings. The van der Waals surface area contributed by atoms with Gasteiger partial charge in [-0.05, 0) is 18.6 Å². The van der Waals surface area contributed by atoms with Gasteiger partial charge in [-0.2, -0.15) is 0 Å². The molecular weight excluding hydrogens is 315 g/mol. The number of rotatable bonds is 2. The van der Waals surface area contributed by atoms with Gasteiger partial charge in [0.05, 0.1) is 28.8 Å². The number of urea groups is 1. The number of esters is 1. The van der Waals surface area contributed by atoms with E-state index >= 15 is 0 Å². The summed E-state index contributed by atoms with van der Waals surface area (Å²) in [6.07, 6.45) is 0. The zero-order chi connectivity index (χ0) is 15.7. The summed E-state index contributed by atoms with van der Waals surface area (Å²) in [6, 6.07) is 4.02. The first-order valence-corrected chi connectivity index (χ1v) is 6.91. The lowest BCUT2D eigenvalue weighted by Crippen LogP contribution is -2.46. The minimum Gasteiger partial charge on any atom is -0.466 e. The Bertz CT molecular complexity index is 643. The van der Waals surface area contributed by atoms with Crippen LogP contribution < -0.4 is 5.32 Å². The molecule has 1 aromatic carbocycles. The smallest absolute Gasteiger partial charge is 0.337 e. The number of methoxy groups -OCH3 is 1. The van der Waals surface area contributed by atoms with E-state index in [1.807, 2.05) is 0 Å². The molecule has 1 atom stereocenters. The number of hydrogen-bond acceptors (Lipinski definition) is 3. The molecule has 0 fully saturated rings. The summed E-state index contributed by atoms with van der Waals surface area (Å²) in [4.78, 5) is 25.4. The number of carbonyl (C=O) groups excluding carboxylic acids is 2. The molecule has 0 saturated carbocycles. The van der Waals surface area contributed by atoms with Crippen LogP contribution in [0.5, 0.6) is 0 Å². The van der Waals surface area contributed by atoms with Gasteiger partial charge in [0, 0.05) is 12.7 Å². The van der Waals surface area contributed by atoms with E-state index < -0.39 is 12.0 Å². The van der Waals surface area contributed by atoms with Crippen LogP contribution in [0.1, 0.15) is 18.5 Å². The number of allylic oxidation sites excluding steroid dienone is 1. The van der Waals surface area contributed by atoms with E-state index in [9.17, 15) is 9.59 Å². The third-order valence-electron chi connectivity index (χ3n) is 3.45. The molecule has 1 aliphatic rings. The monoisotopic (exact) mass is 328 g/mol. The molecule has 1 N–H and O–H groups in total. The van der Waals surface area contributed by atoms with Crippen LogP contribution >= 0.6 is 23.2 Å². The maximum atomic E-state index is 12.1. The Balaban J connectivity index is 2.62. The Morgan fingerprint density at radius 3 is 2.67 bits per heavy atom. The lowest BCUT2D eigenvalue weighted by molar-refractivity contribution is -0.136. The second-order valence-corrected chi connectivity index (χ2v) is 5.36. The van der Waals surface area contributed by atoms with Crippen LogP contribution in [0, 0.1) is 0 Å². The van der Waals surface area contributed by atoms with E-state index in [2.05, 4.69) is 5.32 Å². The van der Waals surface area contributed by atoms with E-state index in [4.69, 9.17) is 27.9 Å². The number of benzene rings is 1. The molecule has 1 heterocycles. The highest BCUT2D eigenvalue weighted by molar-refractivity contribution is 6.42. The number of nitrogens with one attached hydrogen (secondary N) is 1. The Labute approximate surface area is 132 Å². The number of amides is 2.